The summed E-state index contributed by atoms with van der Waals surface area (Å²) in [6.07, 6.45) is 1.64. The van der Waals surface area contributed by atoms with Gasteiger partial charge in [0.05, 0.1) is 0 Å². The summed E-state index contributed by atoms with van der Waals surface area (Å²) in [5.74, 6) is -1.22. The zero-order valence-corrected chi connectivity index (χ0v) is 9.02. The van der Waals surface area contributed by atoms with Crippen LogP contribution in [0.3, 0.4) is 0 Å². The lowest BCUT2D eigenvalue weighted by atomic mass is 10.1. The minimum Gasteiger partial charge on any atom is -0.550 e. The van der Waals surface area contributed by atoms with Gasteiger partial charge >= 0.3 is 0 Å². The van der Waals surface area contributed by atoms with Crippen molar-refractivity contribution < 1.29 is 9.90 Å². The lowest BCUT2D eigenvalue weighted by molar-refractivity contribution is -0.311. The normalized spacial score (nSPS) is 11.8. The molecule has 0 saturated heterocycles. The van der Waals surface area contributed by atoms with Crippen molar-refractivity contribution in [2.75, 3.05) is 7.05 Å². The van der Waals surface area contributed by atoms with Gasteiger partial charge in [0.25, 0.3) is 0 Å². The molecular weight excluding hydrogens is 201 g/mol. The monoisotopic (exact) mass is 214 g/mol. The molecule has 0 bridgehead atoms. The van der Waals surface area contributed by atoms with Crippen molar-refractivity contribution in [2.24, 2.45) is 5.92 Å². The summed E-state index contributed by atoms with van der Waals surface area (Å²) in [5.41, 5.74) is 0. The summed E-state index contributed by atoms with van der Waals surface area (Å²) in [4.78, 5) is 9.98. The van der Waals surface area contributed by atoms with E-state index < -0.39 is 5.97 Å². The van der Waals surface area contributed by atoms with Crippen LogP contribution in [0.25, 0.3) is 0 Å². The van der Waals surface area contributed by atoms with Crippen LogP contribution in [-0.2, 0) is 4.79 Å². The van der Waals surface area contributed by atoms with Gasteiger partial charge in [-0.05, 0) is 35.9 Å². The molecule has 0 aromatic heterocycles. The molecule has 0 rings (SSSR count). The van der Waals surface area contributed by atoms with Crippen molar-refractivity contribution in [3.63, 3.8) is 0 Å². The SMILES string of the molecule is CCCC(C)C(=O)[O-].CN(Cl)Cl. The first-order valence-corrected chi connectivity index (χ1v) is 4.35. The number of carbonyl (C=O) groups excluding carboxylic acids is 1. The van der Waals surface area contributed by atoms with Gasteiger partial charge in [0, 0.05) is 13.0 Å². The molecule has 0 radical (unpaired) electrons. The van der Waals surface area contributed by atoms with E-state index in [4.69, 9.17) is 23.6 Å². The Labute approximate surface area is 83.5 Å². The second kappa shape index (κ2) is 9.10. The van der Waals surface area contributed by atoms with Crippen LogP contribution in [-0.4, -0.2) is 17.0 Å². The molecule has 1 unspecified atom stereocenters. The fourth-order valence-electron chi connectivity index (χ4n) is 0.551. The van der Waals surface area contributed by atoms with Gasteiger partial charge in [-0.1, -0.05) is 20.3 Å². The van der Waals surface area contributed by atoms with Crippen molar-refractivity contribution >= 4 is 29.5 Å². The standard InChI is InChI=1S/C6H12O2.CH3Cl2N/c1-3-4-5(2)6(7)8;1-4(2)3/h5H,3-4H2,1-2H3,(H,7,8);1H3/p-1. The summed E-state index contributed by atoms with van der Waals surface area (Å²) >= 11 is 9.75. The number of carboxylic acids is 1. The van der Waals surface area contributed by atoms with E-state index in [0.717, 1.165) is 16.8 Å². The largest absolute Gasteiger partial charge is 0.550 e. The molecule has 0 spiro atoms. The molecule has 0 aromatic carbocycles. The van der Waals surface area contributed by atoms with E-state index in [-0.39, 0.29) is 5.92 Å². The molecule has 0 aromatic rings. The van der Waals surface area contributed by atoms with E-state index in [2.05, 4.69) is 0 Å². The van der Waals surface area contributed by atoms with Gasteiger partial charge in [0.1, 0.15) is 0 Å². The molecule has 5 heteroatoms. The first-order valence-electron chi connectivity index (χ1n) is 3.67. The second-order valence-electron chi connectivity index (χ2n) is 2.41. The van der Waals surface area contributed by atoms with Crippen LogP contribution < -0.4 is 5.11 Å². The van der Waals surface area contributed by atoms with E-state index in [1.807, 2.05) is 6.92 Å². The van der Waals surface area contributed by atoms with E-state index in [9.17, 15) is 9.90 Å². The topological polar surface area (TPSA) is 43.4 Å². The molecule has 0 aliphatic heterocycles. The van der Waals surface area contributed by atoms with Crippen LogP contribution in [0.2, 0.25) is 0 Å². The van der Waals surface area contributed by atoms with Crippen LogP contribution in [0.5, 0.6) is 0 Å². The third-order valence-corrected chi connectivity index (χ3v) is 1.12. The fraction of sp³-hybridized carbons (Fsp3) is 0.857. The van der Waals surface area contributed by atoms with Crippen molar-refractivity contribution in [1.29, 1.82) is 0 Å². The quantitative estimate of drug-likeness (QED) is 0.668. The molecule has 3 nitrogen and oxygen atoms in total. The van der Waals surface area contributed by atoms with Crippen LogP contribution in [0.1, 0.15) is 26.7 Å². The molecule has 0 amide bonds. The Balaban J connectivity index is 0. The summed E-state index contributed by atoms with van der Waals surface area (Å²) < 4.78 is 0.944. The smallest absolute Gasteiger partial charge is 0.0442 e. The van der Waals surface area contributed by atoms with Crippen LogP contribution in [0.15, 0.2) is 0 Å². The van der Waals surface area contributed by atoms with Crippen LogP contribution in [0.4, 0.5) is 0 Å². The highest BCUT2D eigenvalue weighted by Crippen LogP contribution is 2.01. The second-order valence-corrected chi connectivity index (χ2v) is 3.60. The Morgan fingerprint density at radius 3 is 2.00 bits per heavy atom. The van der Waals surface area contributed by atoms with Crippen molar-refractivity contribution in [3.05, 3.63) is 0 Å². The zero-order valence-electron chi connectivity index (χ0n) is 7.51. The third-order valence-electron chi connectivity index (χ3n) is 1.12. The van der Waals surface area contributed by atoms with Gasteiger partial charge < -0.3 is 9.90 Å². The molecule has 0 saturated carbocycles. The van der Waals surface area contributed by atoms with Crippen molar-refractivity contribution in [3.8, 4) is 0 Å². The van der Waals surface area contributed by atoms with Gasteiger partial charge in [0.15, 0.2) is 0 Å². The summed E-state index contributed by atoms with van der Waals surface area (Å²) in [7, 11) is 1.53. The molecular formula is C7H14Cl2NO2-. The Hall–Kier alpha value is 0.01000. The highest BCUT2D eigenvalue weighted by Gasteiger charge is 1.97. The average molecular weight is 215 g/mol. The maximum atomic E-state index is 9.98. The summed E-state index contributed by atoms with van der Waals surface area (Å²) in [6.45, 7) is 3.62. The first kappa shape index (κ1) is 14.5. The lowest BCUT2D eigenvalue weighted by Gasteiger charge is -2.08. The Kier molecular flexibility index (Phi) is 11.0. The molecule has 0 N–H and O–H groups in total. The molecule has 0 heterocycles. The number of carbonyl (C=O) groups is 1. The Bertz CT molecular complexity index is 117. The molecule has 0 aliphatic rings. The first-order chi connectivity index (χ1) is 5.41. The molecule has 0 aliphatic carbocycles. The number of rotatable bonds is 3. The highest BCUT2D eigenvalue weighted by molar-refractivity contribution is 6.33. The summed E-state index contributed by atoms with van der Waals surface area (Å²) in [5, 5.41) is 9.98. The van der Waals surface area contributed by atoms with E-state index in [1.165, 1.54) is 7.05 Å². The van der Waals surface area contributed by atoms with Gasteiger partial charge in [0.2, 0.25) is 0 Å². The van der Waals surface area contributed by atoms with E-state index in [0.29, 0.717) is 0 Å². The highest BCUT2D eigenvalue weighted by atomic mass is 35.5. The van der Waals surface area contributed by atoms with Crippen molar-refractivity contribution in [1.82, 2.24) is 3.94 Å². The average Bonchev–Trinajstić information content (AvgIpc) is 1.86. The van der Waals surface area contributed by atoms with Gasteiger partial charge in [-0.2, -0.15) is 0 Å². The fourth-order valence-corrected chi connectivity index (χ4v) is 0.551. The van der Waals surface area contributed by atoms with Crippen molar-refractivity contribution in [2.45, 2.75) is 26.7 Å². The number of hydrogen-bond donors (Lipinski definition) is 0. The maximum Gasteiger partial charge on any atom is 0.0442 e. The van der Waals surface area contributed by atoms with E-state index >= 15 is 0 Å². The number of aliphatic carboxylic acids is 1. The van der Waals surface area contributed by atoms with Gasteiger partial charge in [-0.25, -0.2) is 0 Å². The number of nitrogens with zero attached hydrogens (tertiary/aromatic N) is 1. The zero-order chi connectivity index (χ0) is 10.1. The predicted octanol–water partition coefficient (Wildman–Crippen LogP) is 1.40. The Morgan fingerprint density at radius 2 is 1.92 bits per heavy atom. The third kappa shape index (κ3) is 16.5. The molecule has 0 fully saturated rings. The minimum absolute atomic E-state index is 0.278. The number of halogens is 2. The molecule has 12 heavy (non-hydrogen) atoms. The Morgan fingerprint density at radius 1 is 1.58 bits per heavy atom. The summed E-state index contributed by atoms with van der Waals surface area (Å²) in [6, 6.07) is 0. The molecule has 74 valence electrons. The number of carboxylic acid groups (broad SMARTS) is 1. The lowest BCUT2D eigenvalue weighted by Crippen LogP contribution is -2.29. The van der Waals surface area contributed by atoms with E-state index in [1.54, 1.807) is 6.92 Å². The predicted molar refractivity (Wildman–Crippen MR) is 48.5 cm³/mol. The van der Waals surface area contributed by atoms with Gasteiger partial charge in [-0.15, -0.1) is 3.94 Å². The van der Waals surface area contributed by atoms with Gasteiger partial charge in [-0.3, -0.25) is 0 Å². The molecule has 1 atom stereocenters. The van der Waals surface area contributed by atoms with Crippen LogP contribution in [0, 0.1) is 5.92 Å². The minimum atomic E-state index is -0.938. The number of hydrogen-bond acceptors (Lipinski definition) is 3. The van der Waals surface area contributed by atoms with Crippen LogP contribution >= 0.6 is 23.6 Å². The maximum absolute atomic E-state index is 9.98.